The van der Waals surface area contributed by atoms with E-state index in [1.807, 2.05) is 56.4 Å². The standard InChI is InChI=1S/C30H36N4O4S/c1-5-38-29(35)17-27(26-12-13-28-30(21(26)3)31-32-33(28)4)23-11-10-20(2)25(16-23)19-34-18-24-9-7-6-8-22(24)14-15-39(34,36)37/h6-13,16,27,36-37H,5,14-15,17-19H2,1-4H3. The Morgan fingerprint density at radius 1 is 1.10 bits per heavy atom. The van der Waals surface area contributed by atoms with Gasteiger partial charge in [0.15, 0.2) is 0 Å². The smallest absolute Gasteiger partial charge is 0.306 e. The lowest BCUT2D eigenvalue weighted by Gasteiger charge is -2.42. The van der Waals surface area contributed by atoms with E-state index in [0.29, 0.717) is 31.9 Å². The Hall–Kier alpha value is -3.24. The quantitative estimate of drug-likeness (QED) is 0.278. The summed E-state index contributed by atoms with van der Waals surface area (Å²) in [6, 6.07) is 18.4. The number of carbonyl (C=O) groups excluding carboxylic acids is 1. The predicted octanol–water partition coefficient (Wildman–Crippen LogP) is 5.89. The molecular formula is C30H36N4O4S. The summed E-state index contributed by atoms with van der Waals surface area (Å²) in [4.78, 5) is 12.8. The van der Waals surface area contributed by atoms with Crippen molar-refractivity contribution in [3.8, 4) is 0 Å². The number of hydrogen-bond donors (Lipinski definition) is 2. The van der Waals surface area contributed by atoms with Gasteiger partial charge in [-0.25, -0.2) is 4.68 Å². The van der Waals surface area contributed by atoms with Crippen molar-refractivity contribution in [2.24, 2.45) is 7.05 Å². The molecule has 0 fully saturated rings. The minimum atomic E-state index is -2.94. The van der Waals surface area contributed by atoms with Crippen molar-refractivity contribution in [3.05, 3.63) is 93.5 Å². The number of nitrogens with zero attached hydrogens (tertiary/aromatic N) is 4. The van der Waals surface area contributed by atoms with Gasteiger partial charge in [-0.2, -0.15) is 4.31 Å². The van der Waals surface area contributed by atoms with Crippen LogP contribution in [0.3, 0.4) is 0 Å². The fourth-order valence-electron chi connectivity index (χ4n) is 5.47. The maximum Gasteiger partial charge on any atom is 0.306 e. The highest BCUT2D eigenvalue weighted by atomic mass is 32.3. The van der Waals surface area contributed by atoms with Crippen LogP contribution < -0.4 is 0 Å². The Morgan fingerprint density at radius 2 is 1.87 bits per heavy atom. The molecule has 0 bridgehead atoms. The van der Waals surface area contributed by atoms with E-state index in [1.165, 1.54) is 0 Å². The van der Waals surface area contributed by atoms with E-state index in [9.17, 15) is 13.9 Å². The lowest BCUT2D eigenvalue weighted by atomic mass is 9.84. The molecule has 1 atom stereocenters. The summed E-state index contributed by atoms with van der Waals surface area (Å²) in [5.74, 6) is -0.201. The first-order valence-electron chi connectivity index (χ1n) is 13.3. The number of ether oxygens (including phenoxy) is 1. The molecule has 2 N–H and O–H groups in total. The van der Waals surface area contributed by atoms with Gasteiger partial charge < -0.3 is 4.74 Å². The average molecular weight is 549 g/mol. The Labute approximate surface area is 231 Å². The molecule has 206 valence electrons. The van der Waals surface area contributed by atoms with Crippen LogP contribution in [-0.4, -0.2) is 46.7 Å². The van der Waals surface area contributed by atoms with Gasteiger partial charge in [0.25, 0.3) is 0 Å². The third kappa shape index (κ3) is 5.58. The topological polar surface area (TPSA) is 101 Å². The molecule has 39 heavy (non-hydrogen) atoms. The second-order valence-electron chi connectivity index (χ2n) is 10.3. The number of benzene rings is 3. The molecule has 5 rings (SSSR count). The van der Waals surface area contributed by atoms with Crippen LogP contribution in [0.1, 0.15) is 58.2 Å². The van der Waals surface area contributed by atoms with E-state index in [4.69, 9.17) is 4.74 Å². The van der Waals surface area contributed by atoms with Crippen molar-refractivity contribution >= 4 is 27.8 Å². The second-order valence-corrected chi connectivity index (χ2v) is 12.5. The summed E-state index contributed by atoms with van der Waals surface area (Å²) in [7, 11) is -1.08. The fraction of sp³-hybridized carbons (Fsp3) is 0.367. The lowest BCUT2D eigenvalue weighted by molar-refractivity contribution is -0.143. The largest absolute Gasteiger partial charge is 0.466 e. The molecule has 1 aliphatic heterocycles. The van der Waals surface area contributed by atoms with E-state index in [-0.39, 0.29) is 18.3 Å². The van der Waals surface area contributed by atoms with Gasteiger partial charge in [0.1, 0.15) is 5.52 Å². The molecule has 0 saturated carbocycles. The first-order chi connectivity index (χ1) is 18.7. The SMILES string of the molecule is CCOC(=O)CC(c1ccc(C)c(CN2Cc3ccccc3CCS2(O)O)c1)c1ccc2c(nnn2C)c1C. The molecule has 9 heteroatoms. The molecule has 0 saturated heterocycles. The Balaban J connectivity index is 1.53. The highest BCUT2D eigenvalue weighted by Crippen LogP contribution is 2.48. The minimum absolute atomic E-state index is 0.190. The molecule has 8 nitrogen and oxygen atoms in total. The zero-order valence-electron chi connectivity index (χ0n) is 22.9. The summed E-state index contributed by atoms with van der Waals surface area (Å²) < 4.78 is 31.1. The normalized spacial score (nSPS) is 16.9. The highest BCUT2D eigenvalue weighted by molar-refractivity contribution is 8.22. The van der Waals surface area contributed by atoms with E-state index < -0.39 is 10.8 Å². The molecule has 2 heterocycles. The minimum Gasteiger partial charge on any atom is -0.466 e. The number of fused-ring (bicyclic) bond motifs is 2. The van der Waals surface area contributed by atoms with Gasteiger partial charge in [-0.15, -0.1) is 15.9 Å². The average Bonchev–Trinajstić information content (AvgIpc) is 3.23. The fourth-order valence-corrected chi connectivity index (χ4v) is 6.92. The summed E-state index contributed by atoms with van der Waals surface area (Å²) in [6.07, 6.45) is 0.828. The number of esters is 1. The molecule has 0 spiro atoms. The second kappa shape index (κ2) is 11.1. The summed E-state index contributed by atoms with van der Waals surface area (Å²) >= 11 is 0. The monoisotopic (exact) mass is 548 g/mol. The van der Waals surface area contributed by atoms with Crippen LogP contribution >= 0.6 is 10.8 Å². The van der Waals surface area contributed by atoms with Gasteiger partial charge in [-0.3, -0.25) is 13.9 Å². The highest BCUT2D eigenvalue weighted by Gasteiger charge is 2.29. The number of carbonyl (C=O) groups is 1. The summed E-state index contributed by atoms with van der Waals surface area (Å²) in [5.41, 5.74) is 9.04. The molecule has 1 aromatic heterocycles. The first kappa shape index (κ1) is 27.3. The van der Waals surface area contributed by atoms with Crippen LogP contribution in [0.15, 0.2) is 54.6 Å². The van der Waals surface area contributed by atoms with Crippen LogP contribution in [0.25, 0.3) is 11.0 Å². The van der Waals surface area contributed by atoms with Gasteiger partial charge in [0, 0.05) is 26.1 Å². The molecule has 0 radical (unpaired) electrons. The third-order valence-electron chi connectivity index (χ3n) is 7.78. The number of hydrogen-bond acceptors (Lipinski definition) is 7. The number of rotatable bonds is 7. The van der Waals surface area contributed by atoms with Gasteiger partial charge in [0.05, 0.1) is 24.3 Å². The molecule has 0 aliphatic carbocycles. The first-order valence-corrected chi connectivity index (χ1v) is 15.0. The molecule has 4 aromatic rings. The zero-order chi connectivity index (χ0) is 27.7. The zero-order valence-corrected chi connectivity index (χ0v) is 23.7. The van der Waals surface area contributed by atoms with E-state index in [2.05, 4.69) is 40.6 Å². The van der Waals surface area contributed by atoms with Crippen LogP contribution in [0.4, 0.5) is 0 Å². The van der Waals surface area contributed by atoms with E-state index in [1.54, 1.807) is 4.68 Å². The number of aromatic nitrogens is 3. The van der Waals surface area contributed by atoms with Crippen LogP contribution in [0.5, 0.6) is 0 Å². The number of aryl methyl sites for hydroxylation is 4. The lowest BCUT2D eigenvalue weighted by Crippen LogP contribution is -2.28. The van der Waals surface area contributed by atoms with Gasteiger partial charge in [0.2, 0.25) is 0 Å². The maximum atomic E-state index is 12.8. The Morgan fingerprint density at radius 3 is 2.64 bits per heavy atom. The molecular weight excluding hydrogens is 512 g/mol. The summed E-state index contributed by atoms with van der Waals surface area (Å²) in [5, 5.41) is 8.53. The van der Waals surface area contributed by atoms with Crippen LogP contribution in [0.2, 0.25) is 0 Å². The van der Waals surface area contributed by atoms with E-state index >= 15 is 0 Å². The van der Waals surface area contributed by atoms with Crippen LogP contribution in [0, 0.1) is 13.8 Å². The van der Waals surface area contributed by atoms with Crippen molar-refractivity contribution in [2.45, 2.75) is 52.6 Å². The van der Waals surface area contributed by atoms with Crippen molar-refractivity contribution in [3.63, 3.8) is 0 Å². The Kier molecular flexibility index (Phi) is 7.77. The summed E-state index contributed by atoms with van der Waals surface area (Å²) in [6.45, 7) is 7.05. The molecule has 0 amide bonds. The van der Waals surface area contributed by atoms with Crippen molar-refractivity contribution in [1.29, 1.82) is 0 Å². The Bertz CT molecular complexity index is 1520. The van der Waals surface area contributed by atoms with Crippen molar-refractivity contribution in [2.75, 3.05) is 12.4 Å². The van der Waals surface area contributed by atoms with Gasteiger partial charge in [-0.05, 0) is 72.2 Å². The van der Waals surface area contributed by atoms with Gasteiger partial charge >= 0.3 is 5.97 Å². The predicted molar refractivity (Wildman–Crippen MR) is 155 cm³/mol. The molecule has 1 aliphatic rings. The van der Waals surface area contributed by atoms with Crippen molar-refractivity contribution in [1.82, 2.24) is 19.3 Å². The molecule has 3 aromatic carbocycles. The van der Waals surface area contributed by atoms with Gasteiger partial charge in [-0.1, -0.05) is 53.7 Å². The van der Waals surface area contributed by atoms with E-state index in [0.717, 1.165) is 50.0 Å². The molecule has 1 unspecified atom stereocenters. The third-order valence-corrected chi connectivity index (χ3v) is 9.61. The van der Waals surface area contributed by atoms with Crippen molar-refractivity contribution < 1.29 is 18.6 Å². The maximum absolute atomic E-state index is 12.8. The van der Waals surface area contributed by atoms with Crippen LogP contribution in [-0.2, 0) is 36.1 Å².